The summed E-state index contributed by atoms with van der Waals surface area (Å²) in [7, 11) is 0. The number of nitrogens with two attached hydrogens (primary N) is 1. The molecule has 0 saturated heterocycles. The van der Waals surface area contributed by atoms with Gasteiger partial charge in [-0.2, -0.15) is 0 Å². The first kappa shape index (κ1) is 15.4. The molecule has 0 aliphatic heterocycles. The van der Waals surface area contributed by atoms with Gasteiger partial charge in [-0.15, -0.1) is 0 Å². The van der Waals surface area contributed by atoms with Crippen LogP contribution in [0.2, 0.25) is 0 Å². The standard InChI is InChI=1S/C12H27N3O/c1-5-15(9-11(4)8-13)7-6-12(16)14-10(2)3/h10-11H,5-9,13H2,1-4H3,(H,14,16). The molecule has 1 amide bonds. The Morgan fingerprint density at radius 3 is 2.44 bits per heavy atom. The smallest absolute Gasteiger partial charge is 0.221 e. The van der Waals surface area contributed by atoms with Gasteiger partial charge in [0.05, 0.1) is 0 Å². The zero-order chi connectivity index (χ0) is 12.6. The molecule has 0 aromatic rings. The third kappa shape index (κ3) is 7.65. The van der Waals surface area contributed by atoms with E-state index in [1.54, 1.807) is 0 Å². The molecule has 1 atom stereocenters. The fourth-order valence-corrected chi connectivity index (χ4v) is 1.55. The minimum absolute atomic E-state index is 0.133. The van der Waals surface area contributed by atoms with Crippen molar-refractivity contribution in [2.75, 3.05) is 26.2 Å². The molecule has 4 heteroatoms. The molecule has 96 valence electrons. The molecule has 3 N–H and O–H groups in total. The molecule has 16 heavy (non-hydrogen) atoms. The molecule has 4 nitrogen and oxygen atoms in total. The molecule has 0 aliphatic rings. The summed E-state index contributed by atoms with van der Waals surface area (Å²) in [6.07, 6.45) is 0.573. The number of hydrogen-bond donors (Lipinski definition) is 2. The summed E-state index contributed by atoms with van der Waals surface area (Å²) in [6, 6.07) is 0.227. The summed E-state index contributed by atoms with van der Waals surface area (Å²) in [4.78, 5) is 13.7. The van der Waals surface area contributed by atoms with Crippen LogP contribution in [0.25, 0.3) is 0 Å². The van der Waals surface area contributed by atoms with Gasteiger partial charge in [-0.1, -0.05) is 13.8 Å². The largest absolute Gasteiger partial charge is 0.354 e. The van der Waals surface area contributed by atoms with Gasteiger partial charge < -0.3 is 16.0 Å². The Hall–Kier alpha value is -0.610. The molecule has 0 aliphatic carbocycles. The Kier molecular flexibility index (Phi) is 8.21. The van der Waals surface area contributed by atoms with Crippen LogP contribution in [0.3, 0.4) is 0 Å². The maximum absolute atomic E-state index is 11.5. The van der Waals surface area contributed by atoms with Crippen LogP contribution in [0.5, 0.6) is 0 Å². The highest BCUT2D eigenvalue weighted by Crippen LogP contribution is 1.99. The molecule has 0 aromatic heterocycles. The number of carbonyl (C=O) groups excluding carboxylic acids is 1. The van der Waals surface area contributed by atoms with E-state index >= 15 is 0 Å². The number of nitrogens with one attached hydrogen (secondary N) is 1. The second-order valence-corrected chi connectivity index (χ2v) is 4.71. The van der Waals surface area contributed by atoms with E-state index in [-0.39, 0.29) is 11.9 Å². The molecule has 1 unspecified atom stereocenters. The Bertz CT molecular complexity index is 195. The third-order valence-electron chi connectivity index (χ3n) is 2.52. The molecule has 0 bridgehead atoms. The number of rotatable bonds is 8. The lowest BCUT2D eigenvalue weighted by Gasteiger charge is -2.23. The molecule has 0 rings (SSSR count). The van der Waals surface area contributed by atoms with Crippen molar-refractivity contribution in [1.29, 1.82) is 0 Å². The van der Waals surface area contributed by atoms with Gasteiger partial charge in [0.1, 0.15) is 0 Å². The summed E-state index contributed by atoms with van der Waals surface area (Å²) in [6.45, 7) is 11.7. The normalized spacial score (nSPS) is 13.2. The molecule has 0 heterocycles. The third-order valence-corrected chi connectivity index (χ3v) is 2.52. The minimum atomic E-state index is 0.133. The van der Waals surface area contributed by atoms with Gasteiger partial charge in [-0.05, 0) is 32.9 Å². The van der Waals surface area contributed by atoms with Gasteiger partial charge in [0.15, 0.2) is 0 Å². The van der Waals surface area contributed by atoms with E-state index in [0.717, 1.165) is 19.6 Å². The summed E-state index contributed by atoms with van der Waals surface area (Å²) >= 11 is 0. The van der Waals surface area contributed by atoms with Crippen LogP contribution < -0.4 is 11.1 Å². The maximum Gasteiger partial charge on any atom is 0.221 e. The van der Waals surface area contributed by atoms with Crippen molar-refractivity contribution in [2.45, 2.75) is 40.2 Å². The molecular formula is C12H27N3O. The Balaban J connectivity index is 3.82. The Morgan fingerprint density at radius 2 is 2.00 bits per heavy atom. The Labute approximate surface area is 99.6 Å². The first-order chi connectivity index (χ1) is 7.49. The number of carbonyl (C=O) groups is 1. The van der Waals surface area contributed by atoms with Crippen molar-refractivity contribution in [3.05, 3.63) is 0 Å². The predicted molar refractivity (Wildman–Crippen MR) is 68.2 cm³/mol. The van der Waals surface area contributed by atoms with Crippen molar-refractivity contribution >= 4 is 5.91 Å². The van der Waals surface area contributed by atoms with Crippen LogP contribution in [-0.4, -0.2) is 43.0 Å². The highest BCUT2D eigenvalue weighted by molar-refractivity contribution is 5.76. The van der Waals surface area contributed by atoms with E-state index in [1.807, 2.05) is 13.8 Å². The van der Waals surface area contributed by atoms with E-state index in [2.05, 4.69) is 24.1 Å². The van der Waals surface area contributed by atoms with Gasteiger partial charge in [0.25, 0.3) is 0 Å². The SMILES string of the molecule is CCN(CCC(=O)NC(C)C)CC(C)CN. The van der Waals surface area contributed by atoms with E-state index < -0.39 is 0 Å². The topological polar surface area (TPSA) is 58.4 Å². The molecule has 0 fully saturated rings. The van der Waals surface area contributed by atoms with Gasteiger partial charge >= 0.3 is 0 Å². The monoisotopic (exact) mass is 229 g/mol. The maximum atomic E-state index is 11.5. The van der Waals surface area contributed by atoms with Gasteiger partial charge in [-0.3, -0.25) is 4.79 Å². The summed E-state index contributed by atoms with van der Waals surface area (Å²) in [5.74, 6) is 0.627. The summed E-state index contributed by atoms with van der Waals surface area (Å²) in [5, 5.41) is 2.90. The van der Waals surface area contributed by atoms with E-state index in [1.165, 1.54) is 0 Å². The lowest BCUT2D eigenvalue weighted by atomic mass is 10.1. The number of nitrogens with zero attached hydrogens (tertiary/aromatic N) is 1. The average molecular weight is 229 g/mol. The fourth-order valence-electron chi connectivity index (χ4n) is 1.55. The molecule has 0 aromatic carbocycles. The summed E-state index contributed by atoms with van der Waals surface area (Å²) < 4.78 is 0. The van der Waals surface area contributed by atoms with Crippen LogP contribution in [0.1, 0.15) is 34.1 Å². The summed E-state index contributed by atoms with van der Waals surface area (Å²) in [5.41, 5.74) is 5.59. The van der Waals surface area contributed by atoms with Crippen molar-refractivity contribution in [2.24, 2.45) is 11.7 Å². The lowest BCUT2D eigenvalue weighted by Crippen LogP contribution is -2.36. The molecule has 0 saturated carbocycles. The van der Waals surface area contributed by atoms with Crippen molar-refractivity contribution in [3.63, 3.8) is 0 Å². The molecule has 0 spiro atoms. The van der Waals surface area contributed by atoms with Crippen LogP contribution in [0, 0.1) is 5.92 Å². The fraction of sp³-hybridized carbons (Fsp3) is 0.917. The number of amides is 1. The van der Waals surface area contributed by atoms with Gasteiger partial charge in [0, 0.05) is 25.6 Å². The number of hydrogen-bond acceptors (Lipinski definition) is 3. The second kappa shape index (κ2) is 8.53. The average Bonchev–Trinajstić information content (AvgIpc) is 2.22. The lowest BCUT2D eigenvalue weighted by molar-refractivity contribution is -0.121. The van der Waals surface area contributed by atoms with E-state index in [4.69, 9.17) is 5.73 Å². The zero-order valence-corrected chi connectivity index (χ0v) is 11.1. The first-order valence-corrected chi connectivity index (χ1v) is 6.21. The van der Waals surface area contributed by atoms with Crippen LogP contribution in [-0.2, 0) is 4.79 Å². The quantitative estimate of drug-likeness (QED) is 0.648. The predicted octanol–water partition coefficient (Wildman–Crippen LogP) is 0.818. The van der Waals surface area contributed by atoms with E-state index in [9.17, 15) is 4.79 Å². The van der Waals surface area contributed by atoms with Gasteiger partial charge in [-0.25, -0.2) is 0 Å². The van der Waals surface area contributed by atoms with E-state index in [0.29, 0.717) is 18.9 Å². The highest BCUT2D eigenvalue weighted by Gasteiger charge is 2.10. The van der Waals surface area contributed by atoms with Crippen LogP contribution in [0.4, 0.5) is 0 Å². The molecule has 0 radical (unpaired) electrons. The van der Waals surface area contributed by atoms with Crippen molar-refractivity contribution in [1.82, 2.24) is 10.2 Å². The second-order valence-electron chi connectivity index (χ2n) is 4.71. The van der Waals surface area contributed by atoms with Crippen LogP contribution in [0.15, 0.2) is 0 Å². The van der Waals surface area contributed by atoms with Crippen molar-refractivity contribution in [3.8, 4) is 0 Å². The molecular weight excluding hydrogens is 202 g/mol. The Morgan fingerprint density at radius 1 is 1.38 bits per heavy atom. The van der Waals surface area contributed by atoms with Crippen LogP contribution >= 0.6 is 0 Å². The minimum Gasteiger partial charge on any atom is -0.354 e. The highest BCUT2D eigenvalue weighted by atomic mass is 16.1. The van der Waals surface area contributed by atoms with Crippen molar-refractivity contribution < 1.29 is 4.79 Å². The zero-order valence-electron chi connectivity index (χ0n) is 11.1. The van der Waals surface area contributed by atoms with Gasteiger partial charge in [0.2, 0.25) is 5.91 Å². The first-order valence-electron chi connectivity index (χ1n) is 6.21.